The monoisotopic (exact) mass is 367 g/mol. The molecule has 0 bridgehead atoms. The lowest BCUT2D eigenvalue weighted by atomic mass is 10.0. The van der Waals surface area contributed by atoms with E-state index in [1.54, 1.807) is 0 Å². The molecule has 2 unspecified atom stereocenters. The van der Waals surface area contributed by atoms with Crippen LogP contribution in [0.2, 0.25) is 0 Å². The third kappa shape index (κ3) is 3.00. The second-order valence-corrected chi connectivity index (χ2v) is 7.81. The van der Waals surface area contributed by atoms with Crippen LogP contribution in [-0.4, -0.2) is 71.7 Å². The average Bonchev–Trinajstić information content (AvgIpc) is 3.38. The highest BCUT2D eigenvalue weighted by Crippen LogP contribution is 2.31. The number of aromatic nitrogens is 1. The van der Waals surface area contributed by atoms with Crippen LogP contribution in [0.5, 0.6) is 0 Å². The summed E-state index contributed by atoms with van der Waals surface area (Å²) in [6.45, 7) is 4.56. The Kier molecular flexibility index (Phi) is 4.13. The summed E-state index contributed by atoms with van der Waals surface area (Å²) in [6.07, 6.45) is 4.00. The molecule has 1 aromatic heterocycles. The lowest BCUT2D eigenvalue weighted by molar-refractivity contribution is -0.129. The van der Waals surface area contributed by atoms with Gasteiger partial charge in [0.15, 0.2) is 5.58 Å². The third-order valence-electron chi connectivity index (χ3n) is 6.04. The number of nitrogens with one attached hydrogen (secondary N) is 1. The molecule has 4 heterocycles. The van der Waals surface area contributed by atoms with Crippen LogP contribution in [-0.2, 0) is 4.79 Å². The molecule has 5 rings (SSSR count). The smallest absolute Gasteiger partial charge is 0.253 e. The molecule has 7 heteroatoms. The first kappa shape index (κ1) is 16.8. The van der Waals surface area contributed by atoms with Crippen LogP contribution in [0.15, 0.2) is 40.6 Å². The number of likely N-dealkylation sites (tertiary alicyclic amines) is 2. The van der Waals surface area contributed by atoms with Gasteiger partial charge in [-0.25, -0.2) is 5.43 Å². The van der Waals surface area contributed by atoms with Crippen molar-refractivity contribution >= 4 is 16.9 Å². The van der Waals surface area contributed by atoms with Gasteiger partial charge in [-0.15, -0.1) is 0 Å². The zero-order valence-corrected chi connectivity index (χ0v) is 15.6. The van der Waals surface area contributed by atoms with Crippen LogP contribution in [0.4, 0.5) is 0 Å². The molecule has 2 saturated heterocycles. The second kappa shape index (κ2) is 6.65. The van der Waals surface area contributed by atoms with Crippen LogP contribution in [0, 0.1) is 0 Å². The van der Waals surface area contributed by atoms with Gasteiger partial charge < -0.3 is 19.3 Å². The van der Waals surface area contributed by atoms with Gasteiger partial charge in [0, 0.05) is 50.7 Å². The Hall–Kier alpha value is -2.38. The molecule has 7 nitrogen and oxygen atoms in total. The molecule has 0 aliphatic carbocycles. The number of benzene rings is 1. The van der Waals surface area contributed by atoms with Crippen LogP contribution in [0.1, 0.15) is 24.5 Å². The lowest BCUT2D eigenvalue weighted by Gasteiger charge is -2.32. The van der Waals surface area contributed by atoms with Crippen molar-refractivity contribution in [3.8, 4) is 0 Å². The van der Waals surface area contributed by atoms with Gasteiger partial charge in [-0.2, -0.15) is 0 Å². The first-order valence-electron chi connectivity index (χ1n) is 9.75. The maximum Gasteiger partial charge on any atom is 0.253 e. The van der Waals surface area contributed by atoms with Crippen LogP contribution in [0.3, 0.4) is 0 Å². The average molecular weight is 367 g/mol. The maximum absolute atomic E-state index is 12.7. The SMILES string of the molecule is CN1C=C2C(=O)N(CCN3CCC(c4noc5ccccc45)C3)CCC2N1. The van der Waals surface area contributed by atoms with Gasteiger partial charge in [0.25, 0.3) is 5.91 Å². The zero-order valence-electron chi connectivity index (χ0n) is 15.6. The standard InChI is InChI=1S/C20H25N5O2/c1-23-13-16-17(21-23)7-9-25(20(16)26)11-10-24-8-6-14(12-24)19-15-4-2-3-5-18(15)27-22-19/h2-5,13-14,17,21H,6-12H2,1H3. The summed E-state index contributed by atoms with van der Waals surface area (Å²) in [7, 11) is 1.95. The number of fused-ring (bicyclic) bond motifs is 2. The molecule has 0 radical (unpaired) electrons. The minimum atomic E-state index is 0.182. The number of hydrazine groups is 1. The van der Waals surface area contributed by atoms with Gasteiger partial charge in [0.05, 0.1) is 17.3 Å². The van der Waals surface area contributed by atoms with Gasteiger partial charge in [0.1, 0.15) is 0 Å². The Morgan fingerprint density at radius 1 is 1.22 bits per heavy atom. The van der Waals surface area contributed by atoms with E-state index in [0.717, 1.165) is 67.8 Å². The van der Waals surface area contributed by atoms with Crippen molar-refractivity contribution in [2.75, 3.05) is 39.8 Å². The topological polar surface area (TPSA) is 64.9 Å². The number of amides is 1. The largest absolute Gasteiger partial charge is 0.356 e. The van der Waals surface area contributed by atoms with E-state index >= 15 is 0 Å². The highest BCUT2D eigenvalue weighted by atomic mass is 16.5. The number of rotatable bonds is 4. The van der Waals surface area contributed by atoms with Crippen molar-refractivity contribution in [1.82, 2.24) is 25.4 Å². The molecule has 0 saturated carbocycles. The van der Waals surface area contributed by atoms with Gasteiger partial charge in [0.2, 0.25) is 0 Å². The zero-order chi connectivity index (χ0) is 18.4. The van der Waals surface area contributed by atoms with Crippen molar-refractivity contribution in [3.05, 3.63) is 41.7 Å². The van der Waals surface area contributed by atoms with Crippen LogP contribution in [0.25, 0.3) is 11.0 Å². The summed E-state index contributed by atoms with van der Waals surface area (Å²) >= 11 is 0. The Balaban J connectivity index is 1.20. The number of nitrogens with zero attached hydrogens (tertiary/aromatic N) is 4. The van der Waals surface area contributed by atoms with Crippen molar-refractivity contribution in [2.45, 2.75) is 24.8 Å². The summed E-state index contributed by atoms with van der Waals surface area (Å²) in [5.41, 5.74) is 6.15. The first-order chi connectivity index (χ1) is 13.2. The van der Waals surface area contributed by atoms with E-state index in [0.29, 0.717) is 5.92 Å². The van der Waals surface area contributed by atoms with E-state index in [2.05, 4.69) is 21.5 Å². The Morgan fingerprint density at radius 2 is 2.11 bits per heavy atom. The third-order valence-corrected chi connectivity index (χ3v) is 6.04. The van der Waals surface area contributed by atoms with Gasteiger partial charge in [-0.1, -0.05) is 17.3 Å². The molecule has 3 aliphatic rings. The van der Waals surface area contributed by atoms with Gasteiger partial charge in [-0.05, 0) is 31.5 Å². The second-order valence-electron chi connectivity index (χ2n) is 7.81. The molecule has 1 N–H and O–H groups in total. The van der Waals surface area contributed by atoms with Crippen molar-refractivity contribution < 1.29 is 9.32 Å². The normalized spacial score (nSPS) is 26.1. The van der Waals surface area contributed by atoms with Crippen molar-refractivity contribution in [2.24, 2.45) is 0 Å². The molecule has 0 spiro atoms. The molecular formula is C20H25N5O2. The number of piperidine rings is 1. The summed E-state index contributed by atoms with van der Waals surface area (Å²) in [6, 6.07) is 8.26. The Morgan fingerprint density at radius 3 is 3.04 bits per heavy atom. The number of hydrogen-bond donors (Lipinski definition) is 1. The molecule has 142 valence electrons. The fraction of sp³-hybridized carbons (Fsp3) is 0.500. The highest BCUT2D eigenvalue weighted by molar-refractivity contribution is 5.95. The van der Waals surface area contributed by atoms with E-state index < -0.39 is 0 Å². The number of hydrogen-bond acceptors (Lipinski definition) is 6. The summed E-state index contributed by atoms with van der Waals surface area (Å²) in [5, 5.41) is 7.36. The number of carbonyl (C=O) groups excluding carboxylic acids is 1. The minimum absolute atomic E-state index is 0.182. The highest BCUT2D eigenvalue weighted by Gasteiger charge is 2.35. The van der Waals surface area contributed by atoms with E-state index in [-0.39, 0.29) is 11.9 Å². The fourth-order valence-electron chi connectivity index (χ4n) is 4.58. The Bertz CT molecular complexity index is 891. The molecule has 3 aliphatic heterocycles. The van der Waals surface area contributed by atoms with Crippen LogP contribution >= 0.6 is 0 Å². The Labute approximate surface area is 158 Å². The minimum Gasteiger partial charge on any atom is -0.356 e. The molecule has 1 aromatic carbocycles. The molecule has 27 heavy (non-hydrogen) atoms. The molecule has 1 amide bonds. The van der Waals surface area contributed by atoms with E-state index in [9.17, 15) is 4.79 Å². The molecular weight excluding hydrogens is 342 g/mol. The van der Waals surface area contributed by atoms with E-state index in [1.807, 2.05) is 41.4 Å². The molecule has 2 aromatic rings. The van der Waals surface area contributed by atoms with E-state index in [4.69, 9.17) is 4.52 Å². The maximum atomic E-state index is 12.7. The summed E-state index contributed by atoms with van der Waals surface area (Å²) in [4.78, 5) is 17.2. The fourth-order valence-corrected chi connectivity index (χ4v) is 4.58. The van der Waals surface area contributed by atoms with Crippen molar-refractivity contribution in [1.29, 1.82) is 0 Å². The summed E-state index contributed by atoms with van der Waals surface area (Å²) in [5.74, 6) is 0.590. The number of para-hydroxylation sites is 1. The van der Waals surface area contributed by atoms with E-state index in [1.165, 1.54) is 0 Å². The van der Waals surface area contributed by atoms with Gasteiger partial charge >= 0.3 is 0 Å². The predicted octanol–water partition coefficient (Wildman–Crippen LogP) is 1.55. The van der Waals surface area contributed by atoms with Gasteiger partial charge in [-0.3, -0.25) is 4.79 Å². The summed E-state index contributed by atoms with van der Waals surface area (Å²) < 4.78 is 5.48. The predicted molar refractivity (Wildman–Crippen MR) is 102 cm³/mol. The quantitative estimate of drug-likeness (QED) is 0.885. The van der Waals surface area contributed by atoms with Crippen LogP contribution < -0.4 is 5.43 Å². The lowest BCUT2D eigenvalue weighted by Crippen LogP contribution is -2.48. The van der Waals surface area contributed by atoms with Crippen molar-refractivity contribution in [3.63, 3.8) is 0 Å². The molecule has 2 atom stereocenters. The number of carbonyl (C=O) groups is 1. The first-order valence-corrected chi connectivity index (χ1v) is 9.75. The molecule has 2 fully saturated rings.